The van der Waals surface area contributed by atoms with E-state index in [4.69, 9.17) is 4.74 Å². The number of carbonyl (C=O) groups excluding carboxylic acids is 1. The summed E-state index contributed by atoms with van der Waals surface area (Å²) in [4.78, 5) is 12.4. The fraction of sp³-hybridized carbons (Fsp3) is 0.346. The third-order valence-electron chi connectivity index (χ3n) is 5.03. The van der Waals surface area contributed by atoms with Gasteiger partial charge in [-0.05, 0) is 46.4 Å². The van der Waals surface area contributed by atoms with Crippen LogP contribution in [0.5, 0.6) is 0 Å². The molecular weight excluding hydrogens is 437 g/mol. The normalized spacial score (nSPS) is 11.5. The molecule has 2 rings (SSSR count). The molecule has 0 fully saturated rings. The van der Waals surface area contributed by atoms with Crippen molar-refractivity contribution in [3.8, 4) is 0 Å². The minimum Gasteiger partial charge on any atom is -0.383 e. The second kappa shape index (κ2) is 12.5. The molecule has 0 bridgehead atoms. The first-order chi connectivity index (χ1) is 15.7. The third kappa shape index (κ3) is 7.94. The molecule has 178 valence electrons. The predicted octanol–water partition coefficient (Wildman–Crippen LogP) is 5.84. The molecule has 0 aromatic heterocycles. The number of amides is 1. The zero-order chi connectivity index (χ0) is 24.4. The minimum atomic E-state index is -0.382. The second-order valence-corrected chi connectivity index (χ2v) is 9.19. The molecule has 5 nitrogen and oxygen atoms in total. The van der Waals surface area contributed by atoms with Crippen LogP contribution in [0.1, 0.15) is 43.0 Å². The van der Waals surface area contributed by atoms with Crippen molar-refractivity contribution in [1.29, 1.82) is 0 Å². The number of hydrogen-bond acceptors (Lipinski definition) is 5. The van der Waals surface area contributed by atoms with Crippen molar-refractivity contribution in [2.45, 2.75) is 32.7 Å². The highest BCUT2D eigenvalue weighted by atomic mass is 32.2. The Hall–Kier alpha value is -2.77. The molecule has 0 aliphatic heterocycles. The van der Waals surface area contributed by atoms with E-state index in [0.29, 0.717) is 30.0 Å². The molecule has 0 unspecified atom stereocenters. The Labute approximate surface area is 201 Å². The smallest absolute Gasteiger partial charge is 0.244 e. The number of rotatable bonds is 11. The molecule has 3 N–H and O–H groups in total. The van der Waals surface area contributed by atoms with Gasteiger partial charge >= 0.3 is 0 Å². The first-order valence-electron chi connectivity index (χ1n) is 10.8. The van der Waals surface area contributed by atoms with Gasteiger partial charge in [0.15, 0.2) is 0 Å². The first kappa shape index (κ1) is 26.5. The van der Waals surface area contributed by atoms with Crippen molar-refractivity contribution in [2.75, 3.05) is 36.6 Å². The number of ether oxygens (including phenoxy) is 1. The van der Waals surface area contributed by atoms with Crippen LogP contribution in [0.3, 0.4) is 0 Å². The fourth-order valence-corrected chi connectivity index (χ4v) is 3.60. The van der Waals surface area contributed by atoms with Gasteiger partial charge in [0.25, 0.3) is 0 Å². The maximum atomic E-state index is 14.4. The number of halogens is 1. The molecular formula is C26H34FN3O2S. The van der Waals surface area contributed by atoms with Gasteiger partial charge in [0, 0.05) is 43.8 Å². The van der Waals surface area contributed by atoms with Crippen molar-refractivity contribution in [3.05, 3.63) is 71.1 Å². The number of nitrogens with one attached hydrogen (secondary N) is 3. The van der Waals surface area contributed by atoms with E-state index in [-0.39, 0.29) is 23.7 Å². The van der Waals surface area contributed by atoms with E-state index in [9.17, 15) is 9.18 Å². The summed E-state index contributed by atoms with van der Waals surface area (Å²) < 4.78 is 22.5. The summed E-state index contributed by atoms with van der Waals surface area (Å²) in [5.74, 6) is -0.642. The van der Waals surface area contributed by atoms with Crippen LogP contribution in [0.25, 0.3) is 12.2 Å². The monoisotopic (exact) mass is 471 g/mol. The van der Waals surface area contributed by atoms with Gasteiger partial charge < -0.3 is 20.1 Å². The molecule has 0 saturated carbocycles. The van der Waals surface area contributed by atoms with E-state index in [1.165, 1.54) is 29.7 Å². The van der Waals surface area contributed by atoms with Crippen LogP contribution >= 0.6 is 11.9 Å². The Kier molecular flexibility index (Phi) is 10.0. The van der Waals surface area contributed by atoms with E-state index in [0.717, 1.165) is 11.3 Å². The van der Waals surface area contributed by atoms with Crippen molar-refractivity contribution in [1.82, 2.24) is 5.32 Å². The number of benzene rings is 2. The van der Waals surface area contributed by atoms with E-state index in [1.54, 1.807) is 19.3 Å². The van der Waals surface area contributed by atoms with Crippen molar-refractivity contribution < 1.29 is 13.9 Å². The lowest BCUT2D eigenvalue weighted by molar-refractivity contribution is -0.116. The quantitative estimate of drug-likeness (QED) is 0.218. The fourth-order valence-electron chi connectivity index (χ4n) is 3.18. The summed E-state index contributed by atoms with van der Waals surface area (Å²) in [7, 11) is 1.66. The van der Waals surface area contributed by atoms with Gasteiger partial charge in [0.2, 0.25) is 5.91 Å². The van der Waals surface area contributed by atoms with Gasteiger partial charge in [-0.3, -0.25) is 4.79 Å². The lowest BCUT2D eigenvalue weighted by Gasteiger charge is -2.21. The highest BCUT2D eigenvalue weighted by Crippen LogP contribution is 2.28. The van der Waals surface area contributed by atoms with Crippen molar-refractivity contribution in [3.63, 3.8) is 0 Å². The van der Waals surface area contributed by atoms with Crippen LogP contribution in [-0.4, -0.2) is 32.4 Å². The topological polar surface area (TPSA) is 62.4 Å². The summed E-state index contributed by atoms with van der Waals surface area (Å²) in [6.07, 6.45) is 6.67. The average molecular weight is 472 g/mol. The lowest BCUT2D eigenvalue weighted by atomic mass is 9.86. The number of methoxy groups -OCH3 is 1. The molecule has 2 aromatic carbocycles. The maximum Gasteiger partial charge on any atom is 0.244 e. The Morgan fingerprint density at radius 1 is 1.21 bits per heavy atom. The molecule has 0 atom stereocenters. The van der Waals surface area contributed by atoms with Gasteiger partial charge in [-0.25, -0.2) is 4.39 Å². The molecule has 0 aliphatic carbocycles. The Morgan fingerprint density at radius 2 is 1.97 bits per heavy atom. The molecule has 0 spiro atoms. The predicted molar refractivity (Wildman–Crippen MR) is 140 cm³/mol. The molecule has 0 heterocycles. The van der Waals surface area contributed by atoms with E-state index in [1.807, 2.05) is 18.4 Å². The van der Waals surface area contributed by atoms with Crippen LogP contribution in [0.2, 0.25) is 0 Å². The SMILES string of the molecule is C=Cc1cc(CNC(=O)/C=C/c2ccc(C(C)(C)C)cc2NCCOC)cc(F)c1NSC. The largest absolute Gasteiger partial charge is 0.383 e. The Bertz CT molecular complexity index is 1000. The zero-order valence-corrected chi connectivity index (χ0v) is 20.9. The Balaban J connectivity index is 2.12. The molecule has 0 saturated heterocycles. The summed E-state index contributed by atoms with van der Waals surface area (Å²) in [6, 6.07) is 9.41. The molecule has 0 radical (unpaired) electrons. The number of hydrogen-bond donors (Lipinski definition) is 3. The van der Waals surface area contributed by atoms with Gasteiger partial charge in [0.05, 0.1) is 12.3 Å². The number of carbonyl (C=O) groups is 1. The first-order valence-corrected chi connectivity index (χ1v) is 12.0. The highest BCUT2D eigenvalue weighted by molar-refractivity contribution is 7.99. The summed E-state index contributed by atoms with van der Waals surface area (Å²) in [6.45, 7) is 11.7. The maximum absolute atomic E-state index is 14.4. The van der Waals surface area contributed by atoms with Crippen LogP contribution in [0, 0.1) is 5.82 Å². The highest BCUT2D eigenvalue weighted by Gasteiger charge is 2.15. The van der Waals surface area contributed by atoms with Gasteiger partial charge in [-0.2, -0.15) is 0 Å². The summed E-state index contributed by atoms with van der Waals surface area (Å²) >= 11 is 1.31. The average Bonchev–Trinajstić information content (AvgIpc) is 2.77. The number of anilines is 2. The third-order valence-corrected chi connectivity index (χ3v) is 5.43. The van der Waals surface area contributed by atoms with E-state index >= 15 is 0 Å². The molecule has 33 heavy (non-hydrogen) atoms. The lowest BCUT2D eigenvalue weighted by Crippen LogP contribution is -2.20. The summed E-state index contributed by atoms with van der Waals surface area (Å²) in [5.41, 5.74) is 4.75. The zero-order valence-electron chi connectivity index (χ0n) is 20.0. The van der Waals surface area contributed by atoms with E-state index < -0.39 is 0 Å². The summed E-state index contributed by atoms with van der Waals surface area (Å²) in [5, 5.41) is 6.19. The van der Waals surface area contributed by atoms with Crippen LogP contribution in [-0.2, 0) is 21.5 Å². The van der Waals surface area contributed by atoms with Gasteiger partial charge in [-0.1, -0.05) is 57.5 Å². The minimum absolute atomic E-state index is 0.0117. The molecule has 1 amide bonds. The van der Waals surface area contributed by atoms with Crippen molar-refractivity contribution >= 4 is 41.4 Å². The van der Waals surface area contributed by atoms with Gasteiger partial charge in [0.1, 0.15) is 5.82 Å². The van der Waals surface area contributed by atoms with Gasteiger partial charge in [-0.15, -0.1) is 0 Å². The van der Waals surface area contributed by atoms with Crippen LogP contribution in [0.15, 0.2) is 43.0 Å². The van der Waals surface area contributed by atoms with Crippen LogP contribution in [0.4, 0.5) is 15.8 Å². The van der Waals surface area contributed by atoms with Crippen LogP contribution < -0.4 is 15.4 Å². The second-order valence-electron chi connectivity index (χ2n) is 8.57. The van der Waals surface area contributed by atoms with Crippen molar-refractivity contribution in [2.24, 2.45) is 0 Å². The molecule has 0 aliphatic rings. The molecule has 2 aromatic rings. The van der Waals surface area contributed by atoms with E-state index in [2.05, 4.69) is 54.8 Å². The molecule has 7 heteroatoms. The Morgan fingerprint density at radius 3 is 2.61 bits per heavy atom. The standard InChI is InChI=1S/C26H34FN3O2S/c1-7-19-14-18(15-22(27)25(19)30-33-6)17-29-24(31)11-9-20-8-10-21(26(2,3)4)16-23(20)28-12-13-32-5/h7-11,14-16,28,30H,1,12-13,17H2,2-6H3,(H,29,31)/b11-9+.